The summed E-state index contributed by atoms with van der Waals surface area (Å²) in [4.78, 5) is 8.75. The number of rotatable bonds is 4. The van der Waals surface area contributed by atoms with Gasteiger partial charge in [-0.2, -0.15) is 0 Å². The molecule has 0 radical (unpaired) electrons. The lowest BCUT2D eigenvalue weighted by molar-refractivity contribution is 0.794. The van der Waals surface area contributed by atoms with Gasteiger partial charge in [0.1, 0.15) is 0 Å². The maximum Gasteiger partial charge on any atom is 0.223 e. The number of benzene rings is 1. The Labute approximate surface area is 108 Å². The van der Waals surface area contributed by atoms with Gasteiger partial charge in [0, 0.05) is 17.9 Å². The molecule has 0 saturated heterocycles. The first kappa shape index (κ1) is 12.6. The van der Waals surface area contributed by atoms with Gasteiger partial charge in [0.25, 0.3) is 0 Å². The Hall–Kier alpha value is -1.90. The molecule has 0 spiro atoms. The summed E-state index contributed by atoms with van der Waals surface area (Å²) in [5, 5.41) is 3.30. The standard InChI is InChI=1S/C15H19N3/c1-11(14-7-5-4-6-8-14)10-16-15-17-12(2)9-13(3)18-15/h4-9,11H,10H2,1-3H3,(H,16,17,18)/t11-/m0/s1. The Morgan fingerprint density at radius 1 is 1.06 bits per heavy atom. The lowest BCUT2D eigenvalue weighted by atomic mass is 10.0. The van der Waals surface area contributed by atoms with E-state index >= 15 is 0 Å². The van der Waals surface area contributed by atoms with Crippen molar-refractivity contribution < 1.29 is 0 Å². The molecule has 0 bridgehead atoms. The van der Waals surface area contributed by atoms with Gasteiger partial charge in [-0.3, -0.25) is 0 Å². The molecule has 1 aromatic heterocycles. The molecule has 0 amide bonds. The van der Waals surface area contributed by atoms with Crippen molar-refractivity contribution >= 4 is 5.95 Å². The molecular formula is C15H19N3. The van der Waals surface area contributed by atoms with E-state index in [0.29, 0.717) is 5.92 Å². The van der Waals surface area contributed by atoms with Gasteiger partial charge in [0.05, 0.1) is 0 Å². The second-order valence-corrected chi connectivity index (χ2v) is 4.67. The predicted molar refractivity (Wildman–Crippen MR) is 74.9 cm³/mol. The summed E-state index contributed by atoms with van der Waals surface area (Å²) in [6, 6.07) is 12.4. The third-order valence-electron chi connectivity index (χ3n) is 2.92. The van der Waals surface area contributed by atoms with Crippen molar-refractivity contribution in [1.82, 2.24) is 9.97 Å². The third kappa shape index (κ3) is 3.29. The van der Waals surface area contributed by atoms with E-state index in [1.165, 1.54) is 5.56 Å². The van der Waals surface area contributed by atoms with Crippen LogP contribution in [0.25, 0.3) is 0 Å². The molecule has 1 heterocycles. The average molecular weight is 241 g/mol. The van der Waals surface area contributed by atoms with E-state index in [2.05, 4.69) is 46.5 Å². The quantitative estimate of drug-likeness (QED) is 0.892. The van der Waals surface area contributed by atoms with Crippen LogP contribution in [-0.2, 0) is 0 Å². The van der Waals surface area contributed by atoms with Crippen LogP contribution < -0.4 is 5.32 Å². The van der Waals surface area contributed by atoms with E-state index < -0.39 is 0 Å². The first-order chi connectivity index (χ1) is 8.65. The Balaban J connectivity index is 1.99. The van der Waals surface area contributed by atoms with Crippen molar-refractivity contribution in [1.29, 1.82) is 0 Å². The van der Waals surface area contributed by atoms with Gasteiger partial charge >= 0.3 is 0 Å². The van der Waals surface area contributed by atoms with E-state index in [9.17, 15) is 0 Å². The van der Waals surface area contributed by atoms with Crippen molar-refractivity contribution in [2.24, 2.45) is 0 Å². The maximum atomic E-state index is 4.38. The highest BCUT2D eigenvalue weighted by Crippen LogP contribution is 2.15. The minimum absolute atomic E-state index is 0.440. The van der Waals surface area contributed by atoms with Crippen LogP contribution in [0.1, 0.15) is 29.8 Å². The van der Waals surface area contributed by atoms with Gasteiger partial charge in [-0.25, -0.2) is 9.97 Å². The van der Waals surface area contributed by atoms with Crippen LogP contribution in [0.5, 0.6) is 0 Å². The summed E-state index contributed by atoms with van der Waals surface area (Å²) in [6.45, 7) is 7.01. The first-order valence-corrected chi connectivity index (χ1v) is 6.26. The van der Waals surface area contributed by atoms with Crippen LogP contribution >= 0.6 is 0 Å². The highest BCUT2D eigenvalue weighted by molar-refractivity contribution is 5.29. The minimum atomic E-state index is 0.440. The van der Waals surface area contributed by atoms with E-state index in [1.807, 2.05) is 26.0 Å². The molecule has 3 heteroatoms. The molecule has 0 saturated carbocycles. The summed E-state index contributed by atoms with van der Waals surface area (Å²) >= 11 is 0. The van der Waals surface area contributed by atoms with E-state index in [1.54, 1.807) is 0 Å². The zero-order valence-corrected chi connectivity index (χ0v) is 11.1. The molecule has 3 nitrogen and oxygen atoms in total. The molecule has 0 aliphatic rings. The maximum absolute atomic E-state index is 4.38. The van der Waals surface area contributed by atoms with E-state index in [4.69, 9.17) is 0 Å². The van der Waals surface area contributed by atoms with Crippen molar-refractivity contribution in [2.45, 2.75) is 26.7 Å². The van der Waals surface area contributed by atoms with Gasteiger partial charge in [-0.15, -0.1) is 0 Å². The van der Waals surface area contributed by atoms with Crippen LogP contribution in [0, 0.1) is 13.8 Å². The van der Waals surface area contributed by atoms with Gasteiger partial charge in [0.15, 0.2) is 0 Å². The minimum Gasteiger partial charge on any atom is -0.354 e. The SMILES string of the molecule is Cc1cc(C)nc(NC[C@H](C)c2ccccc2)n1. The fraction of sp³-hybridized carbons (Fsp3) is 0.333. The summed E-state index contributed by atoms with van der Waals surface area (Å²) in [5.74, 6) is 1.16. The summed E-state index contributed by atoms with van der Waals surface area (Å²) in [5.41, 5.74) is 3.32. The van der Waals surface area contributed by atoms with Crippen molar-refractivity contribution in [3.8, 4) is 0 Å². The van der Waals surface area contributed by atoms with Crippen LogP contribution in [0.15, 0.2) is 36.4 Å². The van der Waals surface area contributed by atoms with Crippen LogP contribution in [0.2, 0.25) is 0 Å². The number of aromatic nitrogens is 2. The number of anilines is 1. The van der Waals surface area contributed by atoms with Crippen LogP contribution in [0.3, 0.4) is 0 Å². The number of hydrogen-bond donors (Lipinski definition) is 1. The molecule has 1 aromatic carbocycles. The third-order valence-corrected chi connectivity index (χ3v) is 2.92. The zero-order valence-electron chi connectivity index (χ0n) is 11.1. The largest absolute Gasteiger partial charge is 0.354 e. The normalized spacial score (nSPS) is 12.2. The summed E-state index contributed by atoms with van der Waals surface area (Å²) in [6.07, 6.45) is 0. The van der Waals surface area contributed by atoms with Gasteiger partial charge in [-0.1, -0.05) is 37.3 Å². The van der Waals surface area contributed by atoms with Gasteiger partial charge < -0.3 is 5.32 Å². The number of aryl methyl sites for hydroxylation is 2. The fourth-order valence-electron chi connectivity index (χ4n) is 1.95. The lowest BCUT2D eigenvalue weighted by Gasteiger charge is -2.13. The molecule has 0 aliphatic carbocycles. The molecule has 18 heavy (non-hydrogen) atoms. The van der Waals surface area contributed by atoms with Gasteiger partial charge in [0.2, 0.25) is 5.95 Å². The molecule has 1 atom stereocenters. The number of hydrogen-bond acceptors (Lipinski definition) is 3. The molecule has 2 aromatic rings. The summed E-state index contributed by atoms with van der Waals surface area (Å²) in [7, 11) is 0. The van der Waals surface area contributed by atoms with Crippen LogP contribution in [0.4, 0.5) is 5.95 Å². The Kier molecular flexibility index (Phi) is 3.92. The second kappa shape index (κ2) is 5.63. The molecule has 0 unspecified atom stereocenters. The van der Waals surface area contributed by atoms with Crippen molar-refractivity contribution in [3.05, 3.63) is 53.3 Å². The number of nitrogens with one attached hydrogen (secondary N) is 1. The van der Waals surface area contributed by atoms with Gasteiger partial charge in [-0.05, 0) is 31.4 Å². The predicted octanol–water partition coefficient (Wildman–Crippen LogP) is 3.31. The first-order valence-electron chi connectivity index (χ1n) is 6.26. The molecule has 1 N–H and O–H groups in total. The van der Waals surface area contributed by atoms with Crippen molar-refractivity contribution in [3.63, 3.8) is 0 Å². The Bertz CT molecular complexity index is 488. The Morgan fingerprint density at radius 2 is 1.67 bits per heavy atom. The monoisotopic (exact) mass is 241 g/mol. The summed E-state index contributed by atoms with van der Waals surface area (Å²) < 4.78 is 0. The van der Waals surface area contributed by atoms with Crippen molar-refractivity contribution in [2.75, 3.05) is 11.9 Å². The molecule has 0 aliphatic heterocycles. The zero-order chi connectivity index (χ0) is 13.0. The van der Waals surface area contributed by atoms with E-state index in [-0.39, 0.29) is 0 Å². The topological polar surface area (TPSA) is 37.8 Å². The van der Waals surface area contributed by atoms with E-state index in [0.717, 1.165) is 23.9 Å². The number of nitrogens with zero attached hydrogens (tertiary/aromatic N) is 2. The molecule has 0 fully saturated rings. The molecule has 94 valence electrons. The second-order valence-electron chi connectivity index (χ2n) is 4.67. The smallest absolute Gasteiger partial charge is 0.223 e. The lowest BCUT2D eigenvalue weighted by Crippen LogP contribution is -2.12. The highest BCUT2D eigenvalue weighted by atomic mass is 15.1. The van der Waals surface area contributed by atoms with Crippen LogP contribution in [-0.4, -0.2) is 16.5 Å². The molecular weight excluding hydrogens is 222 g/mol. The average Bonchev–Trinajstić information content (AvgIpc) is 2.36. The molecule has 2 rings (SSSR count). The Morgan fingerprint density at radius 3 is 2.28 bits per heavy atom. The fourth-order valence-corrected chi connectivity index (χ4v) is 1.95. The highest BCUT2D eigenvalue weighted by Gasteiger charge is 2.06.